The summed E-state index contributed by atoms with van der Waals surface area (Å²) in [5.41, 5.74) is 13.5. The SMILES string of the molecule is Cc1cc(N=C(N)N)ccc1-c1ccco1.Cl.Cl. The van der Waals surface area contributed by atoms with Gasteiger partial charge < -0.3 is 15.9 Å². The van der Waals surface area contributed by atoms with Crippen molar-refractivity contribution in [2.24, 2.45) is 16.5 Å². The van der Waals surface area contributed by atoms with Crippen molar-refractivity contribution in [3.8, 4) is 11.3 Å². The molecule has 0 unspecified atom stereocenters. The zero-order valence-corrected chi connectivity index (χ0v) is 11.4. The Balaban J connectivity index is 0.00000144. The highest BCUT2D eigenvalue weighted by atomic mass is 35.5. The van der Waals surface area contributed by atoms with Crippen LogP contribution in [-0.4, -0.2) is 5.96 Å². The van der Waals surface area contributed by atoms with Crippen LogP contribution in [0, 0.1) is 6.92 Å². The first-order valence-corrected chi connectivity index (χ1v) is 4.91. The summed E-state index contributed by atoms with van der Waals surface area (Å²) in [6.45, 7) is 1.99. The van der Waals surface area contributed by atoms with Gasteiger partial charge >= 0.3 is 0 Å². The number of furan rings is 1. The van der Waals surface area contributed by atoms with Crippen molar-refractivity contribution in [2.45, 2.75) is 6.92 Å². The lowest BCUT2D eigenvalue weighted by atomic mass is 10.1. The van der Waals surface area contributed by atoms with E-state index in [1.165, 1.54) is 0 Å². The topological polar surface area (TPSA) is 77.5 Å². The van der Waals surface area contributed by atoms with Crippen LogP contribution in [0.1, 0.15) is 5.56 Å². The second-order valence-electron chi connectivity index (χ2n) is 3.51. The maximum atomic E-state index is 5.34. The van der Waals surface area contributed by atoms with Crippen molar-refractivity contribution in [1.29, 1.82) is 0 Å². The van der Waals surface area contributed by atoms with Crippen LogP contribution in [0.2, 0.25) is 0 Å². The largest absolute Gasteiger partial charge is 0.464 e. The van der Waals surface area contributed by atoms with Gasteiger partial charge in [0, 0.05) is 5.56 Å². The fourth-order valence-corrected chi connectivity index (χ4v) is 1.57. The van der Waals surface area contributed by atoms with E-state index >= 15 is 0 Å². The molecule has 2 aromatic rings. The van der Waals surface area contributed by atoms with Crippen LogP contribution in [0.3, 0.4) is 0 Å². The molecule has 0 aliphatic rings. The van der Waals surface area contributed by atoms with E-state index in [1.54, 1.807) is 6.26 Å². The first-order valence-electron chi connectivity index (χ1n) is 4.91. The Morgan fingerprint density at radius 3 is 2.39 bits per heavy atom. The molecule has 0 atom stereocenters. The van der Waals surface area contributed by atoms with E-state index in [4.69, 9.17) is 15.9 Å². The normalized spacial score (nSPS) is 8.94. The number of guanidine groups is 1. The molecule has 98 valence electrons. The van der Waals surface area contributed by atoms with Crippen molar-refractivity contribution in [3.05, 3.63) is 42.2 Å². The molecule has 0 aliphatic carbocycles. The van der Waals surface area contributed by atoms with E-state index in [0.29, 0.717) is 0 Å². The second kappa shape index (κ2) is 6.93. The quantitative estimate of drug-likeness (QED) is 0.658. The third-order valence-electron chi connectivity index (χ3n) is 2.25. The Bertz CT molecular complexity index is 520. The maximum Gasteiger partial charge on any atom is 0.191 e. The molecule has 1 aromatic heterocycles. The average Bonchev–Trinajstić information content (AvgIpc) is 2.69. The number of hydrogen-bond acceptors (Lipinski definition) is 2. The molecule has 0 radical (unpaired) electrons. The second-order valence-corrected chi connectivity index (χ2v) is 3.51. The molecule has 4 nitrogen and oxygen atoms in total. The summed E-state index contributed by atoms with van der Waals surface area (Å²) in [4.78, 5) is 3.98. The molecule has 0 fully saturated rings. The average molecular weight is 288 g/mol. The van der Waals surface area contributed by atoms with Gasteiger partial charge in [-0.05, 0) is 42.8 Å². The van der Waals surface area contributed by atoms with Gasteiger partial charge in [0.15, 0.2) is 5.96 Å². The monoisotopic (exact) mass is 287 g/mol. The Morgan fingerprint density at radius 2 is 1.89 bits per heavy atom. The van der Waals surface area contributed by atoms with Gasteiger partial charge in [-0.1, -0.05) is 0 Å². The lowest BCUT2D eigenvalue weighted by Gasteiger charge is -2.03. The Kier molecular flexibility index (Phi) is 6.30. The van der Waals surface area contributed by atoms with Gasteiger partial charge in [-0.25, -0.2) is 4.99 Å². The molecule has 6 heteroatoms. The number of hydrogen-bond donors (Lipinski definition) is 2. The van der Waals surface area contributed by atoms with Gasteiger partial charge in [0.25, 0.3) is 0 Å². The number of halogens is 2. The number of aryl methyl sites for hydroxylation is 1. The molecule has 0 bridgehead atoms. The minimum atomic E-state index is 0. The van der Waals surface area contributed by atoms with Crippen LogP contribution in [0.5, 0.6) is 0 Å². The fourth-order valence-electron chi connectivity index (χ4n) is 1.57. The molecule has 1 heterocycles. The number of rotatable bonds is 2. The molecule has 0 aliphatic heterocycles. The Labute approximate surface area is 118 Å². The first-order chi connectivity index (χ1) is 7.66. The summed E-state index contributed by atoms with van der Waals surface area (Å²) in [7, 11) is 0. The Morgan fingerprint density at radius 1 is 1.17 bits per heavy atom. The number of nitrogens with two attached hydrogens (primary N) is 2. The van der Waals surface area contributed by atoms with E-state index < -0.39 is 0 Å². The fraction of sp³-hybridized carbons (Fsp3) is 0.0833. The summed E-state index contributed by atoms with van der Waals surface area (Å²) in [5.74, 6) is 0.902. The van der Waals surface area contributed by atoms with Gasteiger partial charge in [0.2, 0.25) is 0 Å². The number of benzene rings is 1. The zero-order chi connectivity index (χ0) is 11.5. The number of aliphatic imine (C=N–C) groups is 1. The van der Waals surface area contributed by atoms with E-state index in [1.807, 2.05) is 37.3 Å². The van der Waals surface area contributed by atoms with E-state index in [-0.39, 0.29) is 30.8 Å². The summed E-state index contributed by atoms with van der Waals surface area (Å²) >= 11 is 0. The highest BCUT2D eigenvalue weighted by Crippen LogP contribution is 2.27. The van der Waals surface area contributed by atoms with Gasteiger partial charge in [0.1, 0.15) is 5.76 Å². The van der Waals surface area contributed by atoms with E-state index in [2.05, 4.69) is 4.99 Å². The van der Waals surface area contributed by atoms with Crippen molar-refractivity contribution < 1.29 is 4.42 Å². The van der Waals surface area contributed by atoms with Crippen LogP contribution in [0.4, 0.5) is 5.69 Å². The smallest absolute Gasteiger partial charge is 0.191 e. The predicted octanol–water partition coefficient (Wildman–Crippen LogP) is 3.00. The van der Waals surface area contributed by atoms with Crippen molar-refractivity contribution >= 4 is 36.5 Å². The molecule has 0 saturated carbocycles. The molecule has 0 amide bonds. The van der Waals surface area contributed by atoms with Crippen LogP contribution < -0.4 is 11.5 Å². The maximum absolute atomic E-state index is 5.34. The van der Waals surface area contributed by atoms with Crippen molar-refractivity contribution in [3.63, 3.8) is 0 Å². The molecule has 0 saturated heterocycles. The third kappa shape index (κ3) is 3.68. The summed E-state index contributed by atoms with van der Waals surface area (Å²) in [6, 6.07) is 9.49. The zero-order valence-electron chi connectivity index (χ0n) is 9.79. The van der Waals surface area contributed by atoms with Gasteiger partial charge in [-0.2, -0.15) is 0 Å². The minimum Gasteiger partial charge on any atom is -0.464 e. The minimum absolute atomic E-state index is 0. The molecule has 0 spiro atoms. The predicted molar refractivity (Wildman–Crippen MR) is 78.8 cm³/mol. The van der Waals surface area contributed by atoms with E-state index in [9.17, 15) is 0 Å². The van der Waals surface area contributed by atoms with Crippen LogP contribution in [-0.2, 0) is 0 Å². The molecular formula is C12H15Cl2N3O. The highest BCUT2D eigenvalue weighted by Gasteiger charge is 2.04. The van der Waals surface area contributed by atoms with Crippen molar-refractivity contribution in [2.75, 3.05) is 0 Å². The Hall–Kier alpha value is -1.65. The summed E-state index contributed by atoms with van der Waals surface area (Å²) < 4.78 is 5.34. The standard InChI is InChI=1S/C12H13N3O.2ClH/c1-8-7-9(15-12(13)14)4-5-10(8)11-3-2-6-16-11;;/h2-7H,1H3,(H4,13,14,15);2*1H. The van der Waals surface area contributed by atoms with Crippen molar-refractivity contribution in [1.82, 2.24) is 0 Å². The summed E-state index contributed by atoms with van der Waals surface area (Å²) in [6.07, 6.45) is 1.65. The van der Waals surface area contributed by atoms with Crippen LogP contribution in [0.25, 0.3) is 11.3 Å². The van der Waals surface area contributed by atoms with Gasteiger partial charge in [0.05, 0.1) is 12.0 Å². The molecule has 1 aromatic carbocycles. The molecule has 18 heavy (non-hydrogen) atoms. The molecule has 2 rings (SSSR count). The summed E-state index contributed by atoms with van der Waals surface area (Å²) in [5, 5.41) is 0. The third-order valence-corrected chi connectivity index (χ3v) is 2.25. The molecule has 4 N–H and O–H groups in total. The van der Waals surface area contributed by atoms with E-state index in [0.717, 1.165) is 22.6 Å². The van der Waals surface area contributed by atoms with Crippen LogP contribution in [0.15, 0.2) is 46.0 Å². The molecular weight excluding hydrogens is 273 g/mol. The highest BCUT2D eigenvalue weighted by molar-refractivity contribution is 5.85. The van der Waals surface area contributed by atoms with Crippen LogP contribution >= 0.6 is 24.8 Å². The lowest BCUT2D eigenvalue weighted by molar-refractivity contribution is 0.582. The lowest BCUT2D eigenvalue weighted by Crippen LogP contribution is -2.21. The van der Waals surface area contributed by atoms with Gasteiger partial charge in [-0.3, -0.25) is 0 Å². The first kappa shape index (κ1) is 16.4. The number of nitrogens with zero attached hydrogens (tertiary/aromatic N) is 1. The van der Waals surface area contributed by atoms with Gasteiger partial charge in [-0.15, -0.1) is 24.8 Å².